The van der Waals surface area contributed by atoms with Crippen LogP contribution in [0.4, 0.5) is 0 Å². The maximum atomic E-state index is 8.83. The molecule has 54 valence electrons. The topological polar surface area (TPSA) is 46.2 Å². The molecule has 3 unspecified atom stereocenters. The molecule has 0 bridgehead atoms. The number of rotatable bonds is 1. The normalized spacial score (nSPS) is 43.7. The third-order valence-electron chi connectivity index (χ3n) is 2.45. The zero-order chi connectivity index (χ0) is 6.85. The molecule has 1 rings (SSSR count). The van der Waals surface area contributed by atoms with Gasteiger partial charge in [0.2, 0.25) is 0 Å². The number of aliphatic hydroxyl groups is 1. The maximum absolute atomic E-state index is 8.83. The summed E-state index contributed by atoms with van der Waals surface area (Å²) in [4.78, 5) is 0. The van der Waals surface area contributed by atoms with E-state index in [0.29, 0.717) is 11.8 Å². The fourth-order valence-corrected chi connectivity index (χ4v) is 1.62. The summed E-state index contributed by atoms with van der Waals surface area (Å²) in [5.74, 6) is 0.995. The number of aliphatic hydroxyl groups excluding tert-OH is 1. The second kappa shape index (κ2) is 2.67. The highest BCUT2D eigenvalue weighted by molar-refractivity contribution is 4.84. The average Bonchev–Trinajstić information content (AvgIpc) is 2.12. The highest BCUT2D eigenvalue weighted by Crippen LogP contribution is 2.29. The van der Waals surface area contributed by atoms with E-state index in [2.05, 4.69) is 6.92 Å². The first-order valence-corrected chi connectivity index (χ1v) is 3.62. The van der Waals surface area contributed by atoms with Crippen molar-refractivity contribution in [3.05, 3.63) is 0 Å². The molecular formula is C7H15NO. The van der Waals surface area contributed by atoms with E-state index >= 15 is 0 Å². The van der Waals surface area contributed by atoms with Gasteiger partial charge in [0.1, 0.15) is 0 Å². The Morgan fingerprint density at radius 3 is 2.44 bits per heavy atom. The van der Waals surface area contributed by atoms with Crippen molar-refractivity contribution >= 4 is 0 Å². The van der Waals surface area contributed by atoms with Gasteiger partial charge in [0.05, 0.1) is 0 Å². The third kappa shape index (κ3) is 1.25. The zero-order valence-corrected chi connectivity index (χ0v) is 5.88. The molecule has 2 heteroatoms. The summed E-state index contributed by atoms with van der Waals surface area (Å²) in [6, 6.07) is 0.255. The molecule has 0 amide bonds. The molecule has 0 saturated heterocycles. The molecule has 9 heavy (non-hydrogen) atoms. The van der Waals surface area contributed by atoms with E-state index in [1.54, 1.807) is 0 Å². The third-order valence-corrected chi connectivity index (χ3v) is 2.45. The zero-order valence-electron chi connectivity index (χ0n) is 5.88. The van der Waals surface area contributed by atoms with Gasteiger partial charge in [-0.3, -0.25) is 0 Å². The van der Waals surface area contributed by atoms with Crippen molar-refractivity contribution in [2.45, 2.75) is 25.8 Å². The van der Waals surface area contributed by atoms with Gasteiger partial charge in [-0.25, -0.2) is 0 Å². The second-order valence-corrected chi connectivity index (χ2v) is 3.06. The molecule has 0 aromatic carbocycles. The minimum absolute atomic E-state index is 0.255. The molecule has 0 aliphatic heterocycles. The van der Waals surface area contributed by atoms with Gasteiger partial charge < -0.3 is 10.8 Å². The van der Waals surface area contributed by atoms with E-state index in [-0.39, 0.29) is 12.6 Å². The van der Waals surface area contributed by atoms with E-state index in [9.17, 15) is 0 Å². The predicted octanol–water partition coefficient (Wildman–Crippen LogP) is 0.352. The molecule has 1 aliphatic carbocycles. The first-order chi connectivity index (χ1) is 4.25. The van der Waals surface area contributed by atoms with Crippen LogP contribution in [0.2, 0.25) is 0 Å². The first-order valence-electron chi connectivity index (χ1n) is 3.62. The van der Waals surface area contributed by atoms with Crippen LogP contribution >= 0.6 is 0 Å². The Morgan fingerprint density at radius 2 is 2.22 bits per heavy atom. The van der Waals surface area contributed by atoms with Crippen LogP contribution in [-0.4, -0.2) is 17.8 Å². The van der Waals surface area contributed by atoms with Crippen LogP contribution in [0.3, 0.4) is 0 Å². The molecule has 3 atom stereocenters. The van der Waals surface area contributed by atoms with Gasteiger partial charge in [0.25, 0.3) is 0 Å². The number of hydrogen-bond donors (Lipinski definition) is 2. The maximum Gasteiger partial charge on any atom is 0.0476 e. The van der Waals surface area contributed by atoms with Crippen LogP contribution in [0.15, 0.2) is 0 Å². The molecular weight excluding hydrogens is 114 g/mol. The molecule has 0 aromatic rings. The minimum atomic E-state index is 0.255. The molecule has 0 radical (unpaired) electrons. The summed E-state index contributed by atoms with van der Waals surface area (Å²) in [6.07, 6.45) is 2.28. The van der Waals surface area contributed by atoms with Gasteiger partial charge in [-0.15, -0.1) is 0 Å². The van der Waals surface area contributed by atoms with Crippen molar-refractivity contribution < 1.29 is 5.11 Å². The predicted molar refractivity (Wildman–Crippen MR) is 36.9 cm³/mol. The molecule has 0 spiro atoms. The van der Waals surface area contributed by atoms with Crippen molar-refractivity contribution in [2.75, 3.05) is 6.61 Å². The van der Waals surface area contributed by atoms with Crippen LogP contribution in [0.1, 0.15) is 19.8 Å². The summed E-state index contributed by atoms with van der Waals surface area (Å²) < 4.78 is 0. The van der Waals surface area contributed by atoms with Crippen LogP contribution in [0.25, 0.3) is 0 Å². The second-order valence-electron chi connectivity index (χ2n) is 3.06. The van der Waals surface area contributed by atoms with E-state index < -0.39 is 0 Å². The minimum Gasteiger partial charge on any atom is -0.396 e. The van der Waals surface area contributed by atoms with Crippen molar-refractivity contribution in [2.24, 2.45) is 17.6 Å². The van der Waals surface area contributed by atoms with E-state index in [1.807, 2.05) is 0 Å². The van der Waals surface area contributed by atoms with E-state index in [1.165, 1.54) is 6.42 Å². The number of hydrogen-bond acceptors (Lipinski definition) is 2. The summed E-state index contributed by atoms with van der Waals surface area (Å²) in [6.45, 7) is 2.43. The standard InChI is InChI=1S/C7H15NO/c1-5-2-3-7(8)6(5)4-9/h5-7,9H,2-4,8H2,1H3. The molecule has 1 fully saturated rings. The van der Waals surface area contributed by atoms with Gasteiger partial charge >= 0.3 is 0 Å². The van der Waals surface area contributed by atoms with Crippen LogP contribution in [0.5, 0.6) is 0 Å². The monoisotopic (exact) mass is 129 g/mol. The Labute approximate surface area is 56.1 Å². The van der Waals surface area contributed by atoms with Crippen molar-refractivity contribution in [3.8, 4) is 0 Å². The Morgan fingerprint density at radius 1 is 1.56 bits per heavy atom. The summed E-state index contributed by atoms with van der Waals surface area (Å²) in [5, 5.41) is 8.83. The quantitative estimate of drug-likeness (QED) is 0.536. The van der Waals surface area contributed by atoms with Gasteiger partial charge in [-0.2, -0.15) is 0 Å². The molecule has 2 nitrogen and oxygen atoms in total. The van der Waals surface area contributed by atoms with Crippen LogP contribution in [-0.2, 0) is 0 Å². The largest absolute Gasteiger partial charge is 0.396 e. The Kier molecular flexibility index (Phi) is 2.09. The van der Waals surface area contributed by atoms with Crippen molar-refractivity contribution in [3.63, 3.8) is 0 Å². The lowest BCUT2D eigenvalue weighted by Gasteiger charge is -2.15. The molecule has 3 N–H and O–H groups in total. The van der Waals surface area contributed by atoms with Crippen molar-refractivity contribution in [1.29, 1.82) is 0 Å². The lowest BCUT2D eigenvalue weighted by Crippen LogP contribution is -2.29. The summed E-state index contributed by atoms with van der Waals surface area (Å²) in [5.41, 5.74) is 5.72. The van der Waals surface area contributed by atoms with Crippen LogP contribution in [0, 0.1) is 11.8 Å². The fraction of sp³-hybridized carbons (Fsp3) is 1.00. The lowest BCUT2D eigenvalue weighted by molar-refractivity contribution is 0.190. The molecule has 1 saturated carbocycles. The smallest absolute Gasteiger partial charge is 0.0476 e. The van der Waals surface area contributed by atoms with E-state index in [4.69, 9.17) is 10.8 Å². The Bertz CT molecular complexity index is 84.9. The van der Waals surface area contributed by atoms with Gasteiger partial charge in [0.15, 0.2) is 0 Å². The molecule has 0 aromatic heterocycles. The summed E-state index contributed by atoms with van der Waals surface area (Å²) >= 11 is 0. The highest BCUT2D eigenvalue weighted by Gasteiger charge is 2.29. The fourth-order valence-electron chi connectivity index (χ4n) is 1.62. The van der Waals surface area contributed by atoms with Crippen molar-refractivity contribution in [1.82, 2.24) is 0 Å². The van der Waals surface area contributed by atoms with Gasteiger partial charge in [-0.1, -0.05) is 6.92 Å². The Hall–Kier alpha value is -0.0800. The SMILES string of the molecule is CC1CCC(N)C1CO. The van der Waals surface area contributed by atoms with Crippen LogP contribution < -0.4 is 5.73 Å². The highest BCUT2D eigenvalue weighted by atomic mass is 16.3. The number of nitrogens with two attached hydrogens (primary N) is 1. The van der Waals surface area contributed by atoms with Gasteiger partial charge in [0, 0.05) is 12.6 Å². The van der Waals surface area contributed by atoms with E-state index in [0.717, 1.165) is 6.42 Å². The summed E-state index contributed by atoms with van der Waals surface area (Å²) in [7, 11) is 0. The average molecular weight is 129 g/mol. The van der Waals surface area contributed by atoms with Gasteiger partial charge in [-0.05, 0) is 24.7 Å². The lowest BCUT2D eigenvalue weighted by atomic mass is 9.97. The molecule has 1 aliphatic rings. The first kappa shape index (κ1) is 7.03. The molecule has 0 heterocycles. The Balaban J connectivity index is 2.44.